The smallest absolute Gasteiger partial charge is 0.234 e. The summed E-state index contributed by atoms with van der Waals surface area (Å²) < 4.78 is 0.581. The number of anilines is 1. The van der Waals surface area contributed by atoms with Gasteiger partial charge in [0.05, 0.1) is 15.2 Å². The molecule has 1 aliphatic rings. The highest BCUT2D eigenvalue weighted by atomic mass is 79.9. The van der Waals surface area contributed by atoms with E-state index in [4.69, 9.17) is 11.6 Å². The molecule has 1 aromatic rings. The van der Waals surface area contributed by atoms with E-state index in [1.54, 1.807) is 18.2 Å². The molecule has 1 aliphatic heterocycles. The Hall–Kier alpha value is -0.870. The lowest BCUT2D eigenvalue weighted by Gasteiger charge is -2.29. The molecular formula is C12H11BrClNO2. The number of carbonyl (C=O) groups excluding carboxylic acids is 2. The second kappa shape index (κ2) is 4.78. The van der Waals surface area contributed by atoms with Crippen molar-refractivity contribution in [3.05, 3.63) is 27.7 Å². The largest absolute Gasteiger partial charge is 0.274 e. The Balaban J connectivity index is 2.42. The van der Waals surface area contributed by atoms with Gasteiger partial charge in [0.1, 0.15) is 0 Å². The zero-order chi connectivity index (χ0) is 12.6. The van der Waals surface area contributed by atoms with E-state index in [0.29, 0.717) is 28.0 Å². The van der Waals surface area contributed by atoms with Crippen LogP contribution in [0, 0.1) is 5.92 Å². The van der Waals surface area contributed by atoms with E-state index in [9.17, 15) is 9.59 Å². The normalized spacial score (nSPS) is 17.7. The first-order valence-electron chi connectivity index (χ1n) is 5.30. The number of halogens is 2. The van der Waals surface area contributed by atoms with Gasteiger partial charge in [0.25, 0.3) is 0 Å². The zero-order valence-electron chi connectivity index (χ0n) is 9.24. The van der Waals surface area contributed by atoms with Crippen LogP contribution in [-0.4, -0.2) is 11.8 Å². The van der Waals surface area contributed by atoms with Crippen LogP contribution in [0.3, 0.4) is 0 Å². The van der Waals surface area contributed by atoms with Crippen LogP contribution in [0.1, 0.15) is 19.8 Å². The molecule has 0 aliphatic carbocycles. The SMILES string of the molecule is CC1CC(=O)N(c2cccc(Cl)c2Br)C(=O)C1. The lowest BCUT2D eigenvalue weighted by Crippen LogP contribution is -2.43. The van der Waals surface area contributed by atoms with Gasteiger partial charge in [-0.25, -0.2) is 4.90 Å². The van der Waals surface area contributed by atoms with Crippen molar-refractivity contribution in [3.63, 3.8) is 0 Å². The van der Waals surface area contributed by atoms with Crippen LogP contribution >= 0.6 is 27.5 Å². The fourth-order valence-electron chi connectivity index (χ4n) is 1.92. The maximum Gasteiger partial charge on any atom is 0.234 e. The van der Waals surface area contributed by atoms with Gasteiger partial charge >= 0.3 is 0 Å². The maximum absolute atomic E-state index is 11.9. The van der Waals surface area contributed by atoms with Crippen LogP contribution in [0.2, 0.25) is 5.02 Å². The van der Waals surface area contributed by atoms with Crippen LogP contribution in [0.5, 0.6) is 0 Å². The van der Waals surface area contributed by atoms with Crippen molar-refractivity contribution >= 4 is 45.0 Å². The third-order valence-corrected chi connectivity index (χ3v) is 4.09. The van der Waals surface area contributed by atoms with E-state index in [1.165, 1.54) is 4.90 Å². The predicted octanol–water partition coefficient (Wildman–Crippen LogP) is 3.39. The van der Waals surface area contributed by atoms with Gasteiger partial charge in [-0.1, -0.05) is 24.6 Å². The molecule has 0 unspecified atom stereocenters. The van der Waals surface area contributed by atoms with Gasteiger partial charge in [-0.3, -0.25) is 9.59 Å². The molecule has 0 atom stereocenters. The highest BCUT2D eigenvalue weighted by Gasteiger charge is 2.32. The summed E-state index contributed by atoms with van der Waals surface area (Å²) in [6.07, 6.45) is 0.787. The van der Waals surface area contributed by atoms with Gasteiger partial charge in [-0.05, 0) is 34.0 Å². The fraction of sp³-hybridized carbons (Fsp3) is 0.333. The quantitative estimate of drug-likeness (QED) is 0.745. The molecule has 1 aromatic carbocycles. The van der Waals surface area contributed by atoms with Crippen molar-refractivity contribution in [2.75, 3.05) is 4.90 Å². The first-order chi connectivity index (χ1) is 8.00. The minimum Gasteiger partial charge on any atom is -0.274 e. The van der Waals surface area contributed by atoms with E-state index in [2.05, 4.69) is 15.9 Å². The average molecular weight is 317 g/mol. The highest BCUT2D eigenvalue weighted by molar-refractivity contribution is 9.10. The van der Waals surface area contributed by atoms with Crippen LogP contribution in [0.15, 0.2) is 22.7 Å². The number of amides is 2. The number of imide groups is 1. The van der Waals surface area contributed by atoms with Gasteiger partial charge in [-0.2, -0.15) is 0 Å². The first kappa shape index (κ1) is 12.6. The standard InChI is InChI=1S/C12H11BrClNO2/c1-7-5-10(16)15(11(17)6-7)9-4-2-3-8(14)12(9)13/h2-4,7H,5-6H2,1H3. The van der Waals surface area contributed by atoms with Crippen LogP contribution < -0.4 is 4.90 Å². The Morgan fingerprint density at radius 2 is 1.88 bits per heavy atom. The average Bonchev–Trinajstić information content (AvgIpc) is 2.23. The summed E-state index contributed by atoms with van der Waals surface area (Å²) in [6, 6.07) is 5.14. The van der Waals surface area contributed by atoms with Crippen LogP contribution in [0.25, 0.3) is 0 Å². The Morgan fingerprint density at radius 3 is 2.47 bits per heavy atom. The fourth-order valence-corrected chi connectivity index (χ4v) is 2.54. The molecule has 0 saturated carbocycles. The van der Waals surface area contributed by atoms with Crippen molar-refractivity contribution in [3.8, 4) is 0 Å². The summed E-state index contributed by atoms with van der Waals surface area (Å²) in [7, 11) is 0. The molecule has 0 radical (unpaired) electrons. The number of piperidine rings is 1. The van der Waals surface area contributed by atoms with Gasteiger partial charge in [0.2, 0.25) is 11.8 Å². The zero-order valence-corrected chi connectivity index (χ0v) is 11.6. The number of carbonyl (C=O) groups is 2. The topological polar surface area (TPSA) is 37.4 Å². The molecule has 0 N–H and O–H groups in total. The van der Waals surface area contributed by atoms with Gasteiger partial charge in [0.15, 0.2) is 0 Å². The molecule has 1 saturated heterocycles. The molecule has 0 bridgehead atoms. The molecule has 1 heterocycles. The molecule has 2 rings (SSSR count). The van der Waals surface area contributed by atoms with Crippen LogP contribution in [0.4, 0.5) is 5.69 Å². The molecule has 3 nitrogen and oxygen atoms in total. The Kier molecular flexibility index (Phi) is 3.54. The van der Waals surface area contributed by atoms with Crippen molar-refractivity contribution < 1.29 is 9.59 Å². The number of hydrogen-bond donors (Lipinski definition) is 0. The number of rotatable bonds is 1. The summed E-state index contributed by atoms with van der Waals surface area (Å²) >= 11 is 9.27. The Labute approximate surface area is 113 Å². The van der Waals surface area contributed by atoms with Crippen LogP contribution in [-0.2, 0) is 9.59 Å². The number of nitrogens with zero attached hydrogens (tertiary/aromatic N) is 1. The van der Waals surface area contributed by atoms with Crippen molar-refractivity contribution in [1.29, 1.82) is 0 Å². The van der Waals surface area contributed by atoms with Crippen molar-refractivity contribution in [1.82, 2.24) is 0 Å². The Morgan fingerprint density at radius 1 is 1.29 bits per heavy atom. The first-order valence-corrected chi connectivity index (χ1v) is 6.47. The Bertz CT molecular complexity index is 471. The summed E-state index contributed by atoms with van der Waals surface area (Å²) in [4.78, 5) is 25.1. The van der Waals surface area contributed by atoms with E-state index in [-0.39, 0.29) is 17.7 Å². The lowest BCUT2D eigenvalue weighted by atomic mass is 9.97. The van der Waals surface area contributed by atoms with Crippen molar-refractivity contribution in [2.24, 2.45) is 5.92 Å². The summed E-state index contributed by atoms with van der Waals surface area (Å²) in [5.74, 6) is -0.224. The molecule has 2 amide bonds. The van der Waals surface area contributed by atoms with E-state index in [0.717, 1.165) is 0 Å². The number of hydrogen-bond acceptors (Lipinski definition) is 2. The van der Waals surface area contributed by atoms with Gasteiger partial charge in [-0.15, -0.1) is 0 Å². The third-order valence-electron chi connectivity index (χ3n) is 2.72. The molecule has 0 aromatic heterocycles. The summed E-state index contributed by atoms with van der Waals surface area (Å²) in [6.45, 7) is 1.90. The summed E-state index contributed by atoms with van der Waals surface area (Å²) in [5.41, 5.74) is 0.527. The van der Waals surface area contributed by atoms with E-state index < -0.39 is 0 Å². The van der Waals surface area contributed by atoms with E-state index in [1.807, 2.05) is 6.92 Å². The third kappa shape index (κ3) is 2.38. The molecule has 90 valence electrons. The monoisotopic (exact) mass is 315 g/mol. The van der Waals surface area contributed by atoms with Crippen molar-refractivity contribution in [2.45, 2.75) is 19.8 Å². The second-order valence-corrected chi connectivity index (χ2v) is 5.41. The molecule has 0 spiro atoms. The maximum atomic E-state index is 11.9. The molecular weight excluding hydrogens is 305 g/mol. The molecule has 17 heavy (non-hydrogen) atoms. The van der Waals surface area contributed by atoms with Gasteiger partial charge < -0.3 is 0 Å². The summed E-state index contributed by atoms with van der Waals surface area (Å²) in [5, 5.41) is 0.488. The molecule has 1 fully saturated rings. The van der Waals surface area contributed by atoms with Gasteiger partial charge in [0, 0.05) is 12.8 Å². The second-order valence-electron chi connectivity index (χ2n) is 4.21. The number of benzene rings is 1. The molecule has 5 heteroatoms. The highest BCUT2D eigenvalue weighted by Crippen LogP contribution is 2.35. The minimum absolute atomic E-state index is 0.115. The van der Waals surface area contributed by atoms with E-state index >= 15 is 0 Å². The minimum atomic E-state index is -0.170. The lowest BCUT2D eigenvalue weighted by molar-refractivity contribution is -0.130. The predicted molar refractivity (Wildman–Crippen MR) is 70.0 cm³/mol.